The molecule has 1 unspecified atom stereocenters. The van der Waals surface area contributed by atoms with E-state index in [2.05, 4.69) is 6.07 Å². The number of benzene rings is 2. The molecule has 0 fully saturated rings. The molecule has 0 saturated heterocycles. The van der Waals surface area contributed by atoms with Crippen LogP contribution in [0, 0.1) is 11.3 Å². The van der Waals surface area contributed by atoms with E-state index < -0.39 is 0 Å². The second-order valence-corrected chi connectivity index (χ2v) is 4.75. The fourth-order valence-corrected chi connectivity index (χ4v) is 2.17. The van der Waals surface area contributed by atoms with E-state index in [9.17, 15) is 10.1 Å². The van der Waals surface area contributed by atoms with Crippen molar-refractivity contribution in [2.24, 2.45) is 0 Å². The lowest BCUT2D eigenvalue weighted by Crippen LogP contribution is -2.04. The van der Waals surface area contributed by atoms with Gasteiger partial charge in [0.1, 0.15) is 14.1 Å². The molecule has 0 aliphatic heterocycles. The van der Waals surface area contributed by atoms with Crippen LogP contribution in [0.3, 0.4) is 0 Å². The van der Waals surface area contributed by atoms with Gasteiger partial charge in [0, 0.05) is 5.56 Å². The van der Waals surface area contributed by atoms with Crippen molar-refractivity contribution in [2.75, 3.05) is 0 Å². The van der Waals surface area contributed by atoms with Crippen molar-refractivity contribution < 1.29 is 4.79 Å². The van der Waals surface area contributed by atoms with Crippen LogP contribution >= 0.6 is 0 Å². The molecule has 0 bridgehead atoms. The Labute approximate surface area is 120 Å². The molecular weight excluding hydrogens is 245 g/mol. The van der Waals surface area contributed by atoms with Crippen LogP contribution in [0.2, 0.25) is 0 Å². The van der Waals surface area contributed by atoms with Gasteiger partial charge in [0.15, 0.2) is 0 Å². The summed E-state index contributed by atoms with van der Waals surface area (Å²) in [4.78, 5) is 10.6. The predicted molar refractivity (Wildman–Crippen MR) is 80.3 cm³/mol. The summed E-state index contributed by atoms with van der Waals surface area (Å²) in [6.07, 6.45) is 2.34. The normalized spacial score (nSPS) is 11.6. The minimum Gasteiger partial charge on any atom is -0.298 e. The first-order valence-corrected chi connectivity index (χ1v) is 6.52. The first kappa shape index (κ1) is 14.1. The monoisotopic (exact) mass is 259 g/mol. The molecular formula is C17H14BNO. The summed E-state index contributed by atoms with van der Waals surface area (Å²) in [7, 11) is 5.74. The van der Waals surface area contributed by atoms with Crippen LogP contribution in [-0.2, 0) is 6.42 Å². The average molecular weight is 259 g/mol. The Morgan fingerprint density at radius 2 is 1.95 bits per heavy atom. The highest BCUT2D eigenvalue weighted by Gasteiger charge is 2.10. The molecule has 0 saturated carbocycles. The summed E-state index contributed by atoms with van der Waals surface area (Å²) in [5.74, 6) is -0.169. The lowest BCUT2D eigenvalue weighted by Gasteiger charge is -2.10. The van der Waals surface area contributed by atoms with Crippen molar-refractivity contribution in [2.45, 2.75) is 18.8 Å². The van der Waals surface area contributed by atoms with E-state index in [1.54, 1.807) is 12.1 Å². The summed E-state index contributed by atoms with van der Waals surface area (Å²) in [6, 6.07) is 17.2. The summed E-state index contributed by atoms with van der Waals surface area (Å²) in [5, 5.41) is 9.29. The van der Waals surface area contributed by atoms with Crippen LogP contribution in [0.5, 0.6) is 0 Å². The summed E-state index contributed by atoms with van der Waals surface area (Å²) in [6.45, 7) is 0. The Morgan fingerprint density at radius 1 is 1.20 bits per heavy atom. The van der Waals surface area contributed by atoms with Gasteiger partial charge in [0.05, 0.1) is 12.0 Å². The third-order valence-corrected chi connectivity index (χ3v) is 3.30. The number of rotatable bonds is 5. The molecule has 0 aliphatic rings. The molecule has 0 amide bonds. The van der Waals surface area contributed by atoms with Crippen molar-refractivity contribution in [3.05, 3.63) is 65.2 Å². The Bertz CT molecular complexity index is 628. The maximum atomic E-state index is 10.6. The zero-order valence-electron chi connectivity index (χ0n) is 11.1. The largest absolute Gasteiger partial charge is 0.298 e. The zero-order chi connectivity index (χ0) is 14.4. The van der Waals surface area contributed by atoms with Crippen LogP contribution in [-0.4, -0.2) is 14.1 Å². The van der Waals surface area contributed by atoms with Crippen molar-refractivity contribution in [1.82, 2.24) is 0 Å². The molecule has 2 aromatic carbocycles. The van der Waals surface area contributed by atoms with Crippen LogP contribution in [0.4, 0.5) is 0 Å². The Morgan fingerprint density at radius 3 is 2.55 bits per heavy atom. The number of carbonyl (C=O) groups is 1. The SMILES string of the molecule is [B]c1cccc(CCC(C#N)c2ccc(C=O)cc2)c1. The van der Waals surface area contributed by atoms with Crippen molar-refractivity contribution in [3.63, 3.8) is 0 Å². The highest BCUT2D eigenvalue weighted by atomic mass is 16.1. The number of hydrogen-bond donors (Lipinski definition) is 0. The van der Waals surface area contributed by atoms with E-state index in [1.165, 1.54) is 0 Å². The first-order chi connectivity index (χ1) is 9.72. The zero-order valence-corrected chi connectivity index (χ0v) is 11.1. The fraction of sp³-hybridized carbons (Fsp3) is 0.176. The van der Waals surface area contributed by atoms with Crippen molar-refractivity contribution in [1.29, 1.82) is 5.26 Å². The van der Waals surface area contributed by atoms with Gasteiger partial charge in [-0.05, 0) is 24.0 Å². The van der Waals surface area contributed by atoms with Crippen LogP contribution in [0.1, 0.15) is 33.8 Å². The maximum absolute atomic E-state index is 10.6. The molecule has 0 aromatic heterocycles. The molecule has 2 nitrogen and oxygen atoms in total. The molecule has 0 aliphatic carbocycles. The van der Waals surface area contributed by atoms with Gasteiger partial charge in [-0.1, -0.05) is 54.0 Å². The number of hydrogen-bond acceptors (Lipinski definition) is 2. The van der Waals surface area contributed by atoms with Gasteiger partial charge in [-0.3, -0.25) is 4.79 Å². The minimum atomic E-state index is -0.169. The third-order valence-electron chi connectivity index (χ3n) is 3.30. The highest BCUT2D eigenvalue weighted by Crippen LogP contribution is 2.21. The first-order valence-electron chi connectivity index (χ1n) is 6.52. The molecule has 0 spiro atoms. The topological polar surface area (TPSA) is 40.9 Å². The number of aldehydes is 1. The van der Waals surface area contributed by atoms with Gasteiger partial charge in [-0.25, -0.2) is 0 Å². The van der Waals surface area contributed by atoms with Crippen LogP contribution < -0.4 is 5.46 Å². The van der Waals surface area contributed by atoms with E-state index in [4.69, 9.17) is 7.85 Å². The Kier molecular flexibility index (Phi) is 4.73. The maximum Gasteiger partial charge on any atom is 0.150 e. The molecule has 96 valence electrons. The van der Waals surface area contributed by atoms with E-state index in [0.717, 1.165) is 35.7 Å². The van der Waals surface area contributed by atoms with Gasteiger partial charge < -0.3 is 0 Å². The van der Waals surface area contributed by atoms with E-state index in [-0.39, 0.29) is 5.92 Å². The van der Waals surface area contributed by atoms with Crippen molar-refractivity contribution in [3.8, 4) is 6.07 Å². The van der Waals surface area contributed by atoms with Gasteiger partial charge >= 0.3 is 0 Å². The molecule has 20 heavy (non-hydrogen) atoms. The highest BCUT2D eigenvalue weighted by molar-refractivity contribution is 6.32. The second kappa shape index (κ2) is 6.72. The second-order valence-electron chi connectivity index (χ2n) is 4.75. The molecule has 2 rings (SSSR count). The van der Waals surface area contributed by atoms with E-state index >= 15 is 0 Å². The lowest BCUT2D eigenvalue weighted by molar-refractivity contribution is 0.112. The van der Waals surface area contributed by atoms with E-state index in [1.807, 2.05) is 36.4 Å². The van der Waals surface area contributed by atoms with Crippen LogP contribution in [0.25, 0.3) is 0 Å². The van der Waals surface area contributed by atoms with Gasteiger partial charge in [-0.2, -0.15) is 5.26 Å². The standard InChI is InChI=1S/C17H14BNO/c18-17-3-1-2-13(10-17)4-9-16(11-19)15-7-5-14(12-20)6-8-15/h1-3,5-8,10,12,16H,4,9H2. The quantitative estimate of drug-likeness (QED) is 0.611. The summed E-state index contributed by atoms with van der Waals surface area (Å²) >= 11 is 0. The molecule has 0 heterocycles. The minimum absolute atomic E-state index is 0.169. The van der Waals surface area contributed by atoms with Gasteiger partial charge in [0.2, 0.25) is 0 Å². The Hall–Kier alpha value is -2.34. The fourth-order valence-electron chi connectivity index (χ4n) is 2.17. The van der Waals surface area contributed by atoms with E-state index in [0.29, 0.717) is 5.56 Å². The smallest absolute Gasteiger partial charge is 0.150 e. The molecule has 2 aromatic rings. The summed E-state index contributed by atoms with van der Waals surface area (Å²) in [5.41, 5.74) is 3.45. The molecule has 3 heteroatoms. The predicted octanol–water partition coefficient (Wildman–Crippen LogP) is 2.53. The van der Waals surface area contributed by atoms with Crippen LogP contribution in [0.15, 0.2) is 48.5 Å². The lowest BCUT2D eigenvalue weighted by atomic mass is 9.90. The van der Waals surface area contributed by atoms with Crippen molar-refractivity contribution >= 4 is 19.6 Å². The summed E-state index contributed by atoms with van der Waals surface area (Å²) < 4.78 is 0. The molecule has 0 N–H and O–H groups in total. The Balaban J connectivity index is 2.05. The number of nitriles is 1. The molecule has 1 atom stereocenters. The molecule has 2 radical (unpaired) electrons. The van der Waals surface area contributed by atoms with Gasteiger partial charge in [0.25, 0.3) is 0 Å². The van der Waals surface area contributed by atoms with Gasteiger partial charge in [-0.15, -0.1) is 0 Å². The number of carbonyl (C=O) groups excluding carboxylic acids is 1. The number of aryl methyl sites for hydroxylation is 1. The third kappa shape index (κ3) is 3.58. The average Bonchev–Trinajstić information content (AvgIpc) is 2.48. The number of nitrogens with zero attached hydrogens (tertiary/aromatic N) is 1.